The summed E-state index contributed by atoms with van der Waals surface area (Å²) in [7, 11) is -5.28. The van der Waals surface area contributed by atoms with Crippen molar-refractivity contribution in [3.8, 4) is 16.9 Å². The van der Waals surface area contributed by atoms with Crippen LogP contribution in [0.5, 0.6) is 5.75 Å². The number of benzene rings is 1. The van der Waals surface area contributed by atoms with Crippen molar-refractivity contribution in [2.75, 3.05) is 25.4 Å². The van der Waals surface area contributed by atoms with Crippen molar-refractivity contribution in [2.45, 2.75) is 76.4 Å². The molecule has 3 aliphatic heterocycles. The minimum atomic E-state index is -5.28. The number of carbonyl (C=O) groups is 3. The molecule has 1 aromatic carbocycles. The van der Waals surface area contributed by atoms with E-state index in [1.54, 1.807) is 6.07 Å². The lowest BCUT2D eigenvalue weighted by Crippen LogP contribution is -2.76. The molecule has 3 aromatic rings. The van der Waals surface area contributed by atoms with Gasteiger partial charge in [-0.25, -0.2) is 18.2 Å². The SMILES string of the molecule is CC(O/N=C(\C(=O)N[C@@H]1C(=O)N(OS(=O)(=O)[O-])C1(C)C)c1csc(N)n1)(C(=O)O)[C@H]1CCc2cc(-c3cn(CCCN)[n+](CC4CNC4)c3)ccc2O1. The number of ether oxygens (including phenoxy) is 1. The fourth-order valence-electron chi connectivity index (χ4n) is 6.35. The molecular formula is C32H41N9O10S2. The standard InChI is InChI=1S/C32H41N9O10S2/c1-31(2)26(28(43)41(31)51-53(46,47)48)37-27(42)25(22-17-52-30(34)36-22)38-50-32(3,29(44)45)24-8-6-20-11-19(5-7-23(20)49-24)21-15-39(10-4-9-33)40(16-21)14-18-12-35-13-18/h5,7,11,15-18,24,26,35H,4,6,8-10,12-14,33H2,1-3H3,(H4-,34,36,37,42,44,45,46,47,48)/b38-25-/t24-,26-,32?/m1/s1. The van der Waals surface area contributed by atoms with Crippen LogP contribution in [0.25, 0.3) is 11.1 Å². The maximum Gasteiger partial charge on any atom is 0.354 e. The van der Waals surface area contributed by atoms with Gasteiger partial charge in [-0.2, -0.15) is 14.0 Å². The Morgan fingerprint density at radius 3 is 2.68 bits per heavy atom. The molecule has 6 rings (SSSR count). The van der Waals surface area contributed by atoms with Crippen molar-refractivity contribution in [1.29, 1.82) is 0 Å². The fourth-order valence-corrected chi connectivity index (χ4v) is 7.34. The van der Waals surface area contributed by atoms with Crippen LogP contribution >= 0.6 is 11.3 Å². The number of aryl methyl sites for hydroxylation is 2. The normalized spacial score (nSPS) is 21.1. The number of fused-ring (bicyclic) bond motifs is 1. The van der Waals surface area contributed by atoms with Gasteiger partial charge in [0.1, 0.15) is 17.5 Å². The van der Waals surface area contributed by atoms with Gasteiger partial charge in [0.2, 0.25) is 16.6 Å². The summed E-state index contributed by atoms with van der Waals surface area (Å²) in [4.78, 5) is 48.6. The van der Waals surface area contributed by atoms with E-state index >= 15 is 0 Å². The summed E-state index contributed by atoms with van der Waals surface area (Å²) < 4.78 is 48.1. The molecule has 5 heterocycles. The van der Waals surface area contributed by atoms with E-state index in [0.717, 1.165) is 60.6 Å². The van der Waals surface area contributed by atoms with Crippen LogP contribution in [0.4, 0.5) is 5.13 Å². The summed E-state index contributed by atoms with van der Waals surface area (Å²) in [5, 5.41) is 21.8. The second-order valence-corrected chi connectivity index (χ2v) is 15.7. The highest BCUT2D eigenvalue weighted by Crippen LogP contribution is 2.37. The first-order valence-corrected chi connectivity index (χ1v) is 19.0. The van der Waals surface area contributed by atoms with Crippen LogP contribution in [-0.4, -0.2) is 99.2 Å². The quantitative estimate of drug-likeness (QED) is 0.0326. The predicted octanol–water partition coefficient (Wildman–Crippen LogP) is -0.495. The molecule has 2 aromatic heterocycles. The molecule has 0 bridgehead atoms. The number of nitrogen functional groups attached to an aromatic ring is 1. The van der Waals surface area contributed by atoms with E-state index in [2.05, 4.69) is 46.8 Å². The summed E-state index contributed by atoms with van der Waals surface area (Å²) in [5.74, 6) is -2.43. The van der Waals surface area contributed by atoms with Gasteiger partial charge in [-0.05, 0) is 69.8 Å². The van der Waals surface area contributed by atoms with Crippen molar-refractivity contribution in [3.63, 3.8) is 0 Å². The van der Waals surface area contributed by atoms with Gasteiger partial charge >= 0.3 is 5.97 Å². The van der Waals surface area contributed by atoms with Crippen LogP contribution in [0.3, 0.4) is 0 Å². The third kappa shape index (κ3) is 7.85. The Morgan fingerprint density at radius 1 is 1.32 bits per heavy atom. The van der Waals surface area contributed by atoms with Crippen LogP contribution in [-0.2, 0) is 53.4 Å². The third-order valence-corrected chi connectivity index (χ3v) is 10.6. The molecule has 2 amide bonds. The van der Waals surface area contributed by atoms with Crippen LogP contribution < -0.4 is 31.5 Å². The molecule has 3 atom stereocenters. The zero-order chi connectivity index (χ0) is 38.3. The third-order valence-electron chi connectivity index (χ3n) is 9.61. The topological polar surface area (TPSA) is 270 Å². The number of hydrogen-bond acceptors (Lipinski definition) is 15. The Bertz CT molecular complexity index is 2050. The molecule has 19 nitrogen and oxygen atoms in total. The molecular weight excluding hydrogens is 735 g/mol. The molecule has 0 radical (unpaired) electrons. The number of carboxylic acids is 1. The largest absolute Gasteiger partial charge is 0.724 e. The van der Waals surface area contributed by atoms with Gasteiger partial charge in [0, 0.05) is 24.4 Å². The highest BCUT2D eigenvalue weighted by molar-refractivity contribution is 7.80. The molecule has 0 saturated carbocycles. The van der Waals surface area contributed by atoms with E-state index in [4.69, 9.17) is 21.0 Å². The number of β-lactam (4-membered cyclic amide) rings is 1. The van der Waals surface area contributed by atoms with E-state index in [-0.39, 0.29) is 17.2 Å². The van der Waals surface area contributed by atoms with Crippen molar-refractivity contribution >= 4 is 50.4 Å². The molecule has 7 N–H and O–H groups in total. The number of aromatic nitrogens is 3. The average Bonchev–Trinajstić information content (AvgIpc) is 3.71. The maximum atomic E-state index is 13.5. The van der Waals surface area contributed by atoms with E-state index in [9.17, 15) is 32.5 Å². The molecule has 2 saturated heterocycles. The monoisotopic (exact) mass is 775 g/mol. The number of oxime groups is 1. The summed E-state index contributed by atoms with van der Waals surface area (Å²) >= 11 is 0.969. The smallest absolute Gasteiger partial charge is 0.354 e. The second kappa shape index (κ2) is 14.6. The lowest BCUT2D eigenvalue weighted by molar-refractivity contribution is -0.781. The molecule has 0 spiro atoms. The molecule has 0 aliphatic carbocycles. The second-order valence-electron chi connectivity index (χ2n) is 13.8. The van der Waals surface area contributed by atoms with Gasteiger partial charge in [0.05, 0.1) is 23.8 Å². The Balaban J connectivity index is 1.20. The molecule has 53 heavy (non-hydrogen) atoms. The number of carboxylic acid groups (broad SMARTS) is 1. The van der Waals surface area contributed by atoms with Crippen LogP contribution in [0.1, 0.15) is 44.9 Å². The fraction of sp³-hybridized carbons (Fsp3) is 0.500. The number of amides is 2. The Morgan fingerprint density at radius 2 is 2.08 bits per heavy atom. The number of hydrogen-bond donors (Lipinski definition) is 5. The number of aliphatic carboxylic acids is 1. The van der Waals surface area contributed by atoms with Gasteiger partial charge in [0.15, 0.2) is 23.5 Å². The molecule has 21 heteroatoms. The number of rotatable bonds is 15. The van der Waals surface area contributed by atoms with Crippen molar-refractivity contribution < 1.29 is 51.0 Å². The average molecular weight is 776 g/mol. The van der Waals surface area contributed by atoms with E-state index in [0.29, 0.717) is 29.7 Å². The maximum absolute atomic E-state index is 13.5. The van der Waals surface area contributed by atoms with E-state index in [1.165, 1.54) is 26.2 Å². The summed E-state index contributed by atoms with van der Waals surface area (Å²) in [5.41, 5.74) is 10.3. The number of nitrogens with two attached hydrogens (primary N) is 2. The summed E-state index contributed by atoms with van der Waals surface area (Å²) in [6.45, 7) is 8.21. The van der Waals surface area contributed by atoms with Gasteiger partial charge in [-0.15, -0.1) is 16.0 Å². The molecule has 2 fully saturated rings. The minimum Gasteiger partial charge on any atom is -0.724 e. The first-order chi connectivity index (χ1) is 25.0. The first-order valence-electron chi connectivity index (χ1n) is 16.8. The zero-order valence-corrected chi connectivity index (χ0v) is 30.8. The Kier molecular flexibility index (Phi) is 10.5. The summed E-state index contributed by atoms with van der Waals surface area (Å²) in [6.07, 6.45) is 4.72. The molecule has 3 aliphatic rings. The molecule has 1 unspecified atom stereocenters. The number of anilines is 1. The van der Waals surface area contributed by atoms with Gasteiger partial charge < -0.3 is 41.3 Å². The van der Waals surface area contributed by atoms with E-state index in [1.807, 2.05) is 12.1 Å². The van der Waals surface area contributed by atoms with Gasteiger partial charge in [0.25, 0.3) is 17.4 Å². The van der Waals surface area contributed by atoms with Crippen molar-refractivity contribution in [1.82, 2.24) is 25.4 Å². The highest BCUT2D eigenvalue weighted by atomic mass is 32.3. The number of thiazole rings is 1. The Hall–Kier alpha value is -4.67. The zero-order valence-electron chi connectivity index (χ0n) is 29.2. The summed E-state index contributed by atoms with van der Waals surface area (Å²) in [6, 6.07) is 4.37. The van der Waals surface area contributed by atoms with E-state index < -0.39 is 57.2 Å². The number of hydroxylamine groups is 2. The van der Waals surface area contributed by atoms with Gasteiger partial charge in [-0.3, -0.25) is 9.59 Å². The molecule has 286 valence electrons. The first kappa shape index (κ1) is 38.1. The van der Waals surface area contributed by atoms with Gasteiger partial charge in [-0.1, -0.05) is 11.2 Å². The number of nitrogens with zero attached hydrogens (tertiary/aromatic N) is 5. The number of carbonyl (C=O) groups excluding carboxylic acids is 2. The number of nitrogens with one attached hydrogen (secondary N) is 2. The van der Waals surface area contributed by atoms with Crippen LogP contribution in [0, 0.1) is 5.92 Å². The lowest BCUT2D eigenvalue weighted by atomic mass is 9.84. The lowest BCUT2D eigenvalue weighted by Gasteiger charge is -2.51. The van der Waals surface area contributed by atoms with Crippen molar-refractivity contribution in [2.24, 2.45) is 16.8 Å². The highest BCUT2D eigenvalue weighted by Gasteiger charge is 2.57. The van der Waals surface area contributed by atoms with Crippen molar-refractivity contribution in [3.05, 3.63) is 47.2 Å². The van der Waals surface area contributed by atoms with Crippen LogP contribution in [0.15, 0.2) is 41.1 Å². The predicted molar refractivity (Wildman–Crippen MR) is 187 cm³/mol. The van der Waals surface area contributed by atoms with Crippen LogP contribution in [0.2, 0.25) is 0 Å². The minimum absolute atomic E-state index is 0.0611. The Labute approximate surface area is 308 Å².